The molecule has 1 fully saturated rings. The molecule has 0 unspecified atom stereocenters. The average Bonchev–Trinajstić information content (AvgIpc) is 3.09. The van der Waals surface area contributed by atoms with Crippen LogP contribution in [0.1, 0.15) is 12.0 Å². The van der Waals surface area contributed by atoms with E-state index in [2.05, 4.69) is 44.8 Å². The second-order valence-corrected chi connectivity index (χ2v) is 6.71. The lowest BCUT2D eigenvalue weighted by molar-refractivity contribution is 0.247. The summed E-state index contributed by atoms with van der Waals surface area (Å²) < 4.78 is 0. The van der Waals surface area contributed by atoms with Crippen LogP contribution >= 0.6 is 0 Å². The molecule has 0 spiro atoms. The number of pyridine rings is 1. The van der Waals surface area contributed by atoms with E-state index in [0.717, 1.165) is 42.5 Å². The van der Waals surface area contributed by atoms with E-state index in [-0.39, 0.29) is 12.1 Å². The summed E-state index contributed by atoms with van der Waals surface area (Å²) in [6, 6.07) is 18.2. The molecule has 1 aromatic heterocycles. The minimum absolute atomic E-state index is 0.152. The smallest absolute Gasteiger partial charge is 0.319 e. The fourth-order valence-electron chi connectivity index (χ4n) is 3.51. The van der Waals surface area contributed by atoms with Crippen molar-refractivity contribution in [1.29, 1.82) is 0 Å². The summed E-state index contributed by atoms with van der Waals surface area (Å²) in [5.74, 6) is 0. The van der Waals surface area contributed by atoms with Gasteiger partial charge in [-0.05, 0) is 24.1 Å². The third kappa shape index (κ3) is 3.83. The van der Waals surface area contributed by atoms with Gasteiger partial charge in [0, 0.05) is 48.8 Å². The van der Waals surface area contributed by atoms with Crippen LogP contribution < -0.4 is 10.6 Å². The highest BCUT2D eigenvalue weighted by Gasteiger charge is 2.23. The minimum Gasteiger partial charge on any atom is -0.334 e. The maximum Gasteiger partial charge on any atom is 0.319 e. The minimum atomic E-state index is -0.152. The van der Waals surface area contributed by atoms with E-state index in [9.17, 15) is 4.79 Å². The number of nitrogens with one attached hydrogen (secondary N) is 2. The van der Waals surface area contributed by atoms with Crippen molar-refractivity contribution in [2.45, 2.75) is 19.0 Å². The van der Waals surface area contributed by atoms with Gasteiger partial charge in [-0.1, -0.05) is 42.5 Å². The zero-order valence-electron chi connectivity index (χ0n) is 14.6. The predicted octanol–water partition coefficient (Wildman–Crippen LogP) is 3.63. The Kier molecular flexibility index (Phi) is 4.80. The molecule has 5 nitrogen and oxygen atoms in total. The van der Waals surface area contributed by atoms with Gasteiger partial charge in [0.1, 0.15) is 0 Å². The first-order chi connectivity index (χ1) is 12.8. The van der Waals surface area contributed by atoms with Crippen LogP contribution in [-0.2, 0) is 6.54 Å². The van der Waals surface area contributed by atoms with Gasteiger partial charge in [0.25, 0.3) is 0 Å². The summed E-state index contributed by atoms with van der Waals surface area (Å²) in [4.78, 5) is 18.9. The maximum atomic E-state index is 12.4. The molecule has 0 aliphatic carbocycles. The number of carbonyl (C=O) groups excluding carboxylic acids is 1. The summed E-state index contributed by atoms with van der Waals surface area (Å²) in [5, 5.41) is 8.09. The number of likely N-dealkylation sites (tertiary alicyclic amines) is 1. The van der Waals surface area contributed by atoms with Gasteiger partial charge >= 0.3 is 6.03 Å². The highest BCUT2D eigenvalue weighted by molar-refractivity contribution is 6.01. The van der Waals surface area contributed by atoms with Crippen molar-refractivity contribution in [3.63, 3.8) is 0 Å². The topological polar surface area (TPSA) is 57.3 Å². The fourth-order valence-corrected chi connectivity index (χ4v) is 3.51. The second-order valence-electron chi connectivity index (χ2n) is 6.71. The number of nitrogens with zero attached hydrogens (tertiary/aromatic N) is 2. The summed E-state index contributed by atoms with van der Waals surface area (Å²) in [6.07, 6.45) is 4.51. The Morgan fingerprint density at radius 1 is 1.12 bits per heavy atom. The van der Waals surface area contributed by atoms with Crippen molar-refractivity contribution in [2.24, 2.45) is 0 Å². The SMILES string of the molecule is O=C(Nc1cccc2cnccc12)N[C@H]1CCN(Cc2ccccc2)C1. The van der Waals surface area contributed by atoms with Gasteiger partial charge < -0.3 is 10.6 Å². The lowest BCUT2D eigenvalue weighted by Crippen LogP contribution is -2.39. The Morgan fingerprint density at radius 2 is 2.00 bits per heavy atom. The van der Waals surface area contributed by atoms with Gasteiger partial charge in [0.15, 0.2) is 0 Å². The number of fused-ring (bicyclic) bond motifs is 1. The molecule has 1 aliphatic rings. The van der Waals surface area contributed by atoms with Crippen LogP contribution in [-0.4, -0.2) is 35.0 Å². The fraction of sp³-hybridized carbons (Fsp3) is 0.238. The van der Waals surface area contributed by atoms with Gasteiger partial charge in [0.2, 0.25) is 0 Å². The molecule has 3 aromatic rings. The zero-order chi connectivity index (χ0) is 17.8. The van der Waals surface area contributed by atoms with Crippen molar-refractivity contribution in [2.75, 3.05) is 18.4 Å². The molecule has 2 N–H and O–H groups in total. The van der Waals surface area contributed by atoms with Crippen molar-refractivity contribution in [1.82, 2.24) is 15.2 Å². The molecule has 26 heavy (non-hydrogen) atoms. The quantitative estimate of drug-likeness (QED) is 0.758. The summed E-state index contributed by atoms with van der Waals surface area (Å²) in [7, 11) is 0. The van der Waals surface area contributed by atoms with Crippen LogP contribution in [0.4, 0.5) is 10.5 Å². The number of amides is 2. The number of hydrogen-bond acceptors (Lipinski definition) is 3. The molecule has 132 valence electrons. The Hall–Kier alpha value is -2.92. The van der Waals surface area contributed by atoms with E-state index in [4.69, 9.17) is 0 Å². The first-order valence-corrected chi connectivity index (χ1v) is 8.94. The Bertz CT molecular complexity index is 891. The molecule has 1 saturated heterocycles. The molecule has 4 rings (SSSR count). The number of anilines is 1. The third-order valence-corrected chi connectivity index (χ3v) is 4.79. The molecule has 1 atom stereocenters. The maximum absolute atomic E-state index is 12.4. The largest absolute Gasteiger partial charge is 0.334 e. The summed E-state index contributed by atoms with van der Waals surface area (Å²) in [5.41, 5.74) is 2.11. The monoisotopic (exact) mass is 346 g/mol. The van der Waals surface area contributed by atoms with E-state index >= 15 is 0 Å². The molecule has 5 heteroatoms. The zero-order valence-corrected chi connectivity index (χ0v) is 14.6. The van der Waals surface area contributed by atoms with E-state index in [0.29, 0.717) is 0 Å². The molecule has 0 radical (unpaired) electrons. The first-order valence-electron chi connectivity index (χ1n) is 8.94. The van der Waals surface area contributed by atoms with Gasteiger partial charge in [0.05, 0.1) is 5.69 Å². The van der Waals surface area contributed by atoms with E-state index in [1.54, 1.807) is 12.4 Å². The lowest BCUT2D eigenvalue weighted by atomic mass is 10.1. The van der Waals surface area contributed by atoms with Crippen LogP contribution in [0.2, 0.25) is 0 Å². The van der Waals surface area contributed by atoms with Crippen LogP contribution in [0.3, 0.4) is 0 Å². The standard InChI is InChI=1S/C21H22N4O/c26-21(24-20-8-4-7-17-13-22-11-9-19(17)20)23-18-10-12-25(15-18)14-16-5-2-1-3-6-16/h1-9,11,13,18H,10,12,14-15H2,(H2,23,24,26)/t18-/m0/s1. The van der Waals surface area contributed by atoms with Crippen molar-refractivity contribution >= 4 is 22.5 Å². The number of hydrogen-bond donors (Lipinski definition) is 2. The number of urea groups is 1. The third-order valence-electron chi connectivity index (χ3n) is 4.79. The highest BCUT2D eigenvalue weighted by atomic mass is 16.2. The molecular formula is C21H22N4O. The average molecular weight is 346 g/mol. The van der Waals surface area contributed by atoms with E-state index < -0.39 is 0 Å². The number of carbonyl (C=O) groups is 1. The molecule has 1 aliphatic heterocycles. The Morgan fingerprint density at radius 3 is 2.88 bits per heavy atom. The van der Waals surface area contributed by atoms with Crippen molar-refractivity contribution in [3.05, 3.63) is 72.6 Å². The van der Waals surface area contributed by atoms with Gasteiger partial charge in [-0.25, -0.2) is 4.79 Å². The normalized spacial score (nSPS) is 17.3. The summed E-state index contributed by atoms with van der Waals surface area (Å²) >= 11 is 0. The number of aromatic nitrogens is 1. The summed E-state index contributed by atoms with van der Waals surface area (Å²) in [6.45, 7) is 2.80. The van der Waals surface area contributed by atoms with Gasteiger partial charge in [-0.3, -0.25) is 9.88 Å². The first kappa shape index (κ1) is 16.5. The predicted molar refractivity (Wildman–Crippen MR) is 104 cm³/mol. The molecule has 0 bridgehead atoms. The molecular weight excluding hydrogens is 324 g/mol. The molecule has 2 aromatic carbocycles. The van der Waals surface area contributed by atoms with Crippen LogP contribution in [0.5, 0.6) is 0 Å². The Labute approximate surface area is 153 Å². The second kappa shape index (κ2) is 7.54. The molecule has 2 heterocycles. The van der Waals surface area contributed by atoms with E-state index in [1.807, 2.05) is 30.3 Å². The van der Waals surface area contributed by atoms with Crippen molar-refractivity contribution < 1.29 is 4.79 Å². The van der Waals surface area contributed by atoms with Crippen LogP contribution in [0, 0.1) is 0 Å². The van der Waals surface area contributed by atoms with Gasteiger partial charge in [-0.2, -0.15) is 0 Å². The number of rotatable bonds is 4. The van der Waals surface area contributed by atoms with Crippen LogP contribution in [0.15, 0.2) is 67.0 Å². The van der Waals surface area contributed by atoms with E-state index in [1.165, 1.54) is 5.56 Å². The molecule has 0 saturated carbocycles. The highest BCUT2D eigenvalue weighted by Crippen LogP contribution is 2.22. The number of benzene rings is 2. The van der Waals surface area contributed by atoms with Crippen molar-refractivity contribution in [3.8, 4) is 0 Å². The Balaban J connectivity index is 1.34. The van der Waals surface area contributed by atoms with Crippen LogP contribution in [0.25, 0.3) is 10.8 Å². The van der Waals surface area contributed by atoms with Gasteiger partial charge in [-0.15, -0.1) is 0 Å². The lowest BCUT2D eigenvalue weighted by Gasteiger charge is -2.17. The molecule has 2 amide bonds.